The fourth-order valence-corrected chi connectivity index (χ4v) is 3.78. The molecule has 21 heavy (non-hydrogen) atoms. The fraction of sp³-hybridized carbons (Fsp3) is 0.800. The molecule has 0 aromatic heterocycles. The van der Waals surface area contributed by atoms with Crippen molar-refractivity contribution in [2.24, 2.45) is 29.6 Å². The molecule has 2 fully saturated rings. The van der Waals surface area contributed by atoms with Gasteiger partial charge in [0.15, 0.2) is 0 Å². The standard InChI is InChI=1S/C20H34O/c1-7-19-14(3)9-11-20(21-19)15(4)12-13(2)8-10-18-16(5)17(18)6/h8,10,12-14,16-20H,7,9,11H2,1-6H3/b10-8+,15-12+/t13-,14?,16+,17+,19-,20-/m1/s1. The van der Waals surface area contributed by atoms with Gasteiger partial charge in [-0.25, -0.2) is 0 Å². The summed E-state index contributed by atoms with van der Waals surface area (Å²) in [7, 11) is 0. The number of ether oxygens (including phenoxy) is 1. The van der Waals surface area contributed by atoms with Gasteiger partial charge in [0.05, 0.1) is 12.2 Å². The van der Waals surface area contributed by atoms with Crippen LogP contribution in [0.25, 0.3) is 0 Å². The smallest absolute Gasteiger partial charge is 0.0786 e. The quantitative estimate of drug-likeness (QED) is 0.597. The molecular formula is C20H34O. The first kappa shape index (κ1) is 16.8. The summed E-state index contributed by atoms with van der Waals surface area (Å²) in [6.07, 6.45) is 11.6. The molecule has 0 N–H and O–H groups in total. The molecule has 0 aromatic carbocycles. The molecule has 0 aromatic rings. The van der Waals surface area contributed by atoms with E-state index >= 15 is 0 Å². The molecule has 120 valence electrons. The van der Waals surface area contributed by atoms with Crippen molar-refractivity contribution in [1.29, 1.82) is 0 Å². The molecule has 1 heterocycles. The van der Waals surface area contributed by atoms with E-state index in [2.05, 4.69) is 59.8 Å². The summed E-state index contributed by atoms with van der Waals surface area (Å²) in [6.45, 7) is 13.8. The summed E-state index contributed by atoms with van der Waals surface area (Å²) in [5, 5.41) is 0. The lowest BCUT2D eigenvalue weighted by Gasteiger charge is -2.35. The second kappa shape index (κ2) is 7.13. The zero-order valence-corrected chi connectivity index (χ0v) is 14.8. The molecule has 1 aliphatic heterocycles. The highest BCUT2D eigenvalue weighted by molar-refractivity contribution is 5.14. The van der Waals surface area contributed by atoms with Crippen molar-refractivity contribution >= 4 is 0 Å². The van der Waals surface area contributed by atoms with Gasteiger partial charge >= 0.3 is 0 Å². The van der Waals surface area contributed by atoms with Crippen molar-refractivity contribution in [2.45, 2.75) is 73.0 Å². The molecule has 2 aliphatic rings. The van der Waals surface area contributed by atoms with E-state index in [0.717, 1.165) is 24.2 Å². The van der Waals surface area contributed by atoms with Crippen LogP contribution in [0.4, 0.5) is 0 Å². The summed E-state index contributed by atoms with van der Waals surface area (Å²) in [5.41, 5.74) is 1.43. The predicted molar refractivity (Wildman–Crippen MR) is 91.2 cm³/mol. The van der Waals surface area contributed by atoms with Gasteiger partial charge in [0, 0.05) is 0 Å². The second-order valence-corrected chi connectivity index (χ2v) is 7.58. The van der Waals surface area contributed by atoms with Gasteiger partial charge in [-0.3, -0.25) is 0 Å². The van der Waals surface area contributed by atoms with E-state index in [1.807, 2.05) is 0 Å². The summed E-state index contributed by atoms with van der Waals surface area (Å²) in [6, 6.07) is 0. The average molecular weight is 290 g/mol. The van der Waals surface area contributed by atoms with Crippen molar-refractivity contribution in [2.75, 3.05) is 0 Å². The Morgan fingerprint density at radius 1 is 1.19 bits per heavy atom. The first-order valence-corrected chi connectivity index (χ1v) is 8.96. The van der Waals surface area contributed by atoms with Crippen molar-refractivity contribution in [3.8, 4) is 0 Å². The van der Waals surface area contributed by atoms with Crippen LogP contribution in [0.5, 0.6) is 0 Å². The van der Waals surface area contributed by atoms with Crippen molar-refractivity contribution in [3.63, 3.8) is 0 Å². The van der Waals surface area contributed by atoms with Gasteiger partial charge in [0.2, 0.25) is 0 Å². The highest BCUT2D eigenvalue weighted by atomic mass is 16.5. The first-order valence-electron chi connectivity index (χ1n) is 8.96. The molecule has 1 heteroatoms. The van der Waals surface area contributed by atoms with E-state index < -0.39 is 0 Å². The Morgan fingerprint density at radius 3 is 2.43 bits per heavy atom. The maximum atomic E-state index is 6.29. The second-order valence-electron chi connectivity index (χ2n) is 7.58. The highest BCUT2D eigenvalue weighted by Crippen LogP contribution is 2.46. The van der Waals surface area contributed by atoms with E-state index in [-0.39, 0.29) is 0 Å². The molecule has 1 saturated heterocycles. The Kier molecular flexibility index (Phi) is 5.71. The van der Waals surface area contributed by atoms with Crippen LogP contribution >= 0.6 is 0 Å². The SMILES string of the molecule is CC[C@H]1O[C@@H](/C(C)=C/[C@H](C)/C=C/C2[C@@H](C)[C@@H]2C)CCC1C. The molecule has 1 saturated carbocycles. The average Bonchev–Trinajstić information content (AvgIpc) is 3.03. The van der Waals surface area contributed by atoms with Crippen LogP contribution < -0.4 is 0 Å². The largest absolute Gasteiger partial charge is 0.370 e. The van der Waals surface area contributed by atoms with E-state index in [1.165, 1.54) is 18.4 Å². The Morgan fingerprint density at radius 2 is 1.86 bits per heavy atom. The summed E-state index contributed by atoms with van der Waals surface area (Å²) in [4.78, 5) is 0. The van der Waals surface area contributed by atoms with Crippen molar-refractivity contribution < 1.29 is 4.74 Å². The van der Waals surface area contributed by atoms with Gasteiger partial charge in [-0.1, -0.05) is 52.8 Å². The molecule has 1 nitrogen and oxygen atoms in total. The topological polar surface area (TPSA) is 9.23 Å². The van der Waals surface area contributed by atoms with Crippen LogP contribution in [0.1, 0.15) is 60.8 Å². The monoisotopic (exact) mass is 290 g/mol. The first-order chi connectivity index (χ1) is 9.93. The molecule has 0 spiro atoms. The zero-order valence-electron chi connectivity index (χ0n) is 14.8. The summed E-state index contributed by atoms with van der Waals surface area (Å²) in [5.74, 6) is 3.82. The third-order valence-electron chi connectivity index (χ3n) is 5.83. The van der Waals surface area contributed by atoms with Crippen molar-refractivity contribution in [1.82, 2.24) is 0 Å². The molecule has 0 radical (unpaired) electrons. The Hall–Kier alpha value is -0.560. The number of hydrogen-bond acceptors (Lipinski definition) is 1. The van der Waals surface area contributed by atoms with Crippen LogP contribution in [0.15, 0.2) is 23.8 Å². The normalized spacial score (nSPS) is 42.3. The van der Waals surface area contributed by atoms with E-state index in [0.29, 0.717) is 24.0 Å². The Balaban J connectivity index is 1.88. The third-order valence-corrected chi connectivity index (χ3v) is 5.83. The minimum atomic E-state index is 0.348. The number of rotatable bonds is 5. The number of hydrogen-bond donors (Lipinski definition) is 0. The summed E-state index contributed by atoms with van der Waals surface area (Å²) < 4.78 is 6.29. The van der Waals surface area contributed by atoms with Crippen LogP contribution in [-0.4, -0.2) is 12.2 Å². The molecule has 0 amide bonds. The van der Waals surface area contributed by atoms with Crippen LogP contribution in [-0.2, 0) is 4.74 Å². The Bertz CT molecular complexity index is 387. The van der Waals surface area contributed by atoms with Gasteiger partial charge in [0.1, 0.15) is 0 Å². The lowest BCUT2D eigenvalue weighted by atomic mass is 9.89. The van der Waals surface area contributed by atoms with Gasteiger partial charge < -0.3 is 4.74 Å². The summed E-state index contributed by atoms with van der Waals surface area (Å²) >= 11 is 0. The highest BCUT2D eigenvalue weighted by Gasteiger charge is 2.40. The predicted octanol–water partition coefficient (Wildman–Crippen LogP) is 5.62. The minimum Gasteiger partial charge on any atom is -0.370 e. The van der Waals surface area contributed by atoms with Gasteiger partial charge in [-0.15, -0.1) is 0 Å². The third kappa shape index (κ3) is 4.22. The van der Waals surface area contributed by atoms with Gasteiger partial charge in [-0.2, -0.15) is 0 Å². The fourth-order valence-electron chi connectivity index (χ4n) is 3.78. The lowest BCUT2D eigenvalue weighted by Crippen LogP contribution is -2.34. The van der Waals surface area contributed by atoms with Crippen molar-refractivity contribution in [3.05, 3.63) is 23.8 Å². The maximum absolute atomic E-state index is 6.29. The van der Waals surface area contributed by atoms with Gasteiger partial charge in [-0.05, 0) is 61.3 Å². The zero-order chi connectivity index (χ0) is 15.6. The van der Waals surface area contributed by atoms with Crippen LogP contribution in [0.3, 0.4) is 0 Å². The number of allylic oxidation sites excluding steroid dienone is 3. The van der Waals surface area contributed by atoms with Crippen LogP contribution in [0, 0.1) is 29.6 Å². The molecule has 0 bridgehead atoms. The molecule has 6 atom stereocenters. The van der Waals surface area contributed by atoms with E-state index in [1.54, 1.807) is 0 Å². The van der Waals surface area contributed by atoms with E-state index in [9.17, 15) is 0 Å². The molecule has 2 rings (SSSR count). The van der Waals surface area contributed by atoms with Gasteiger partial charge in [0.25, 0.3) is 0 Å². The molecule has 1 aliphatic carbocycles. The van der Waals surface area contributed by atoms with E-state index in [4.69, 9.17) is 4.74 Å². The minimum absolute atomic E-state index is 0.348. The van der Waals surface area contributed by atoms with Crippen LogP contribution in [0.2, 0.25) is 0 Å². The Labute approximate surface area is 131 Å². The maximum Gasteiger partial charge on any atom is 0.0786 e. The molecule has 1 unspecified atom stereocenters. The molecular weight excluding hydrogens is 256 g/mol. The lowest BCUT2D eigenvalue weighted by molar-refractivity contribution is -0.0630.